The van der Waals surface area contributed by atoms with E-state index < -0.39 is 0 Å². The molecule has 0 atom stereocenters. The van der Waals surface area contributed by atoms with Gasteiger partial charge in [-0.1, -0.05) is 0 Å². The van der Waals surface area contributed by atoms with E-state index in [9.17, 15) is 4.79 Å². The monoisotopic (exact) mass is 334 g/mol. The van der Waals surface area contributed by atoms with Crippen molar-refractivity contribution >= 4 is 35.3 Å². The number of nitrogens with zero attached hydrogens (tertiary/aromatic N) is 4. The van der Waals surface area contributed by atoms with Crippen LogP contribution in [0.3, 0.4) is 0 Å². The molecule has 4 N–H and O–H groups in total. The van der Waals surface area contributed by atoms with Crippen LogP contribution in [-0.4, -0.2) is 27.3 Å². The van der Waals surface area contributed by atoms with Crippen LogP contribution in [0.5, 0.6) is 0 Å². The Morgan fingerprint density at radius 3 is 2.70 bits per heavy atom. The molecule has 0 saturated carbocycles. The maximum absolute atomic E-state index is 12.4. The van der Waals surface area contributed by atoms with Gasteiger partial charge in [0, 0.05) is 19.6 Å². The summed E-state index contributed by atoms with van der Waals surface area (Å²) in [7, 11) is 0. The summed E-state index contributed by atoms with van der Waals surface area (Å²) in [5.41, 5.74) is 15.5. The SMILES string of the molecule is Cl.NC1=CC2=NCCCC2=C/C1=N\c1c(N)n2n(c1=O)CCC2. The van der Waals surface area contributed by atoms with Gasteiger partial charge in [0.15, 0.2) is 11.5 Å². The van der Waals surface area contributed by atoms with Gasteiger partial charge in [-0.25, -0.2) is 9.67 Å². The quantitative estimate of drug-likeness (QED) is 0.753. The van der Waals surface area contributed by atoms with Crippen LogP contribution in [0, 0.1) is 0 Å². The number of hydrogen-bond donors (Lipinski definition) is 2. The zero-order valence-electron chi connectivity index (χ0n) is 12.7. The first kappa shape index (κ1) is 15.6. The van der Waals surface area contributed by atoms with E-state index in [0.717, 1.165) is 43.6 Å². The van der Waals surface area contributed by atoms with Gasteiger partial charge in [0.05, 0.1) is 17.1 Å². The van der Waals surface area contributed by atoms with Gasteiger partial charge in [-0.2, -0.15) is 0 Å². The molecule has 0 amide bonds. The van der Waals surface area contributed by atoms with Gasteiger partial charge in [0.2, 0.25) is 0 Å². The summed E-state index contributed by atoms with van der Waals surface area (Å²) in [4.78, 5) is 21.3. The van der Waals surface area contributed by atoms with Gasteiger partial charge in [-0.3, -0.25) is 14.5 Å². The number of rotatable bonds is 1. The zero-order chi connectivity index (χ0) is 15.3. The van der Waals surface area contributed by atoms with Crippen LogP contribution in [-0.2, 0) is 13.1 Å². The minimum atomic E-state index is -0.142. The maximum Gasteiger partial charge on any atom is 0.294 e. The number of anilines is 1. The number of halogens is 1. The zero-order valence-corrected chi connectivity index (χ0v) is 13.5. The predicted octanol–water partition coefficient (Wildman–Crippen LogP) is 1.15. The van der Waals surface area contributed by atoms with E-state index in [4.69, 9.17) is 11.5 Å². The lowest BCUT2D eigenvalue weighted by Crippen LogP contribution is -2.21. The molecule has 2 aliphatic heterocycles. The van der Waals surface area contributed by atoms with Crippen LogP contribution < -0.4 is 17.0 Å². The standard InChI is InChI=1S/C15H18N6O.ClH/c16-10-8-11-9(3-1-4-18-11)7-12(10)19-13-14(17)20-5-2-6-21(20)15(13)22;/h7-8H,1-6,16-17H2;1H/b19-12+;. The van der Waals surface area contributed by atoms with E-state index in [1.54, 1.807) is 9.36 Å². The van der Waals surface area contributed by atoms with Crippen molar-refractivity contribution < 1.29 is 0 Å². The van der Waals surface area contributed by atoms with Crippen LogP contribution >= 0.6 is 12.4 Å². The highest BCUT2D eigenvalue weighted by Gasteiger charge is 2.23. The highest BCUT2D eigenvalue weighted by Crippen LogP contribution is 2.25. The molecule has 3 heterocycles. The number of fused-ring (bicyclic) bond motifs is 2. The molecule has 8 heteroatoms. The summed E-state index contributed by atoms with van der Waals surface area (Å²) < 4.78 is 3.45. The van der Waals surface area contributed by atoms with Crippen LogP contribution in [0.4, 0.5) is 11.5 Å². The second kappa shape index (κ2) is 5.73. The summed E-state index contributed by atoms with van der Waals surface area (Å²) in [5, 5.41) is 0. The summed E-state index contributed by atoms with van der Waals surface area (Å²) in [6.45, 7) is 2.29. The average molecular weight is 335 g/mol. The highest BCUT2D eigenvalue weighted by molar-refractivity contribution is 6.24. The van der Waals surface area contributed by atoms with E-state index in [1.165, 1.54) is 0 Å². The van der Waals surface area contributed by atoms with Gasteiger partial charge in [-0.15, -0.1) is 12.4 Å². The topological polar surface area (TPSA) is 104 Å². The Labute approximate surface area is 139 Å². The van der Waals surface area contributed by atoms with E-state index in [1.807, 2.05) is 12.2 Å². The Morgan fingerprint density at radius 1 is 1.13 bits per heavy atom. The molecule has 122 valence electrons. The van der Waals surface area contributed by atoms with Gasteiger partial charge >= 0.3 is 0 Å². The van der Waals surface area contributed by atoms with Gasteiger partial charge in [0.25, 0.3) is 5.56 Å². The largest absolute Gasteiger partial charge is 0.397 e. The van der Waals surface area contributed by atoms with E-state index in [0.29, 0.717) is 29.5 Å². The second-order valence-corrected chi connectivity index (χ2v) is 5.78. The number of aliphatic imine (C=N–C) groups is 2. The minimum Gasteiger partial charge on any atom is -0.397 e. The van der Waals surface area contributed by atoms with Crippen molar-refractivity contribution in [1.29, 1.82) is 0 Å². The van der Waals surface area contributed by atoms with Crippen molar-refractivity contribution in [3.63, 3.8) is 0 Å². The van der Waals surface area contributed by atoms with Crippen LogP contribution in [0.15, 0.2) is 38.2 Å². The third-order valence-electron chi connectivity index (χ3n) is 4.34. The molecule has 0 unspecified atom stereocenters. The van der Waals surface area contributed by atoms with E-state index in [2.05, 4.69) is 9.98 Å². The molecular weight excluding hydrogens is 316 g/mol. The molecule has 0 saturated heterocycles. The number of allylic oxidation sites excluding steroid dienone is 3. The molecule has 23 heavy (non-hydrogen) atoms. The normalized spacial score (nSPS) is 21.0. The Balaban J connectivity index is 0.00000156. The van der Waals surface area contributed by atoms with Crippen molar-refractivity contribution in [2.75, 3.05) is 12.3 Å². The molecule has 0 spiro atoms. The summed E-state index contributed by atoms with van der Waals surface area (Å²) >= 11 is 0. The lowest BCUT2D eigenvalue weighted by atomic mass is 9.94. The molecule has 0 radical (unpaired) electrons. The first-order chi connectivity index (χ1) is 10.6. The third-order valence-corrected chi connectivity index (χ3v) is 4.34. The molecular formula is C15H19ClN6O. The van der Waals surface area contributed by atoms with Gasteiger partial charge in [-0.05, 0) is 37.0 Å². The van der Waals surface area contributed by atoms with Crippen molar-refractivity contribution in [1.82, 2.24) is 9.36 Å². The van der Waals surface area contributed by atoms with Crippen molar-refractivity contribution in [2.45, 2.75) is 32.4 Å². The molecule has 0 fully saturated rings. The molecule has 0 aromatic carbocycles. The van der Waals surface area contributed by atoms with Crippen molar-refractivity contribution in [3.05, 3.63) is 33.8 Å². The first-order valence-electron chi connectivity index (χ1n) is 7.56. The van der Waals surface area contributed by atoms with E-state index in [-0.39, 0.29) is 18.0 Å². The van der Waals surface area contributed by atoms with Crippen molar-refractivity contribution in [2.24, 2.45) is 15.7 Å². The van der Waals surface area contributed by atoms with Crippen LogP contribution in [0.2, 0.25) is 0 Å². The Bertz CT molecular complexity index is 839. The second-order valence-electron chi connectivity index (χ2n) is 5.78. The molecule has 3 aliphatic rings. The molecule has 1 aliphatic carbocycles. The smallest absolute Gasteiger partial charge is 0.294 e. The fraction of sp³-hybridized carbons (Fsp3) is 0.400. The lowest BCUT2D eigenvalue weighted by Gasteiger charge is -2.18. The highest BCUT2D eigenvalue weighted by atomic mass is 35.5. The molecule has 1 aromatic heterocycles. The average Bonchev–Trinajstić information content (AvgIpc) is 3.08. The minimum absolute atomic E-state index is 0. The Hall–Kier alpha value is -2.28. The third kappa shape index (κ3) is 2.41. The van der Waals surface area contributed by atoms with E-state index >= 15 is 0 Å². The first-order valence-corrected chi connectivity index (χ1v) is 7.56. The number of aromatic nitrogens is 2. The fourth-order valence-electron chi connectivity index (χ4n) is 3.20. The summed E-state index contributed by atoms with van der Waals surface area (Å²) in [5.74, 6) is 0.421. The summed E-state index contributed by atoms with van der Waals surface area (Å²) in [6.07, 6.45) is 6.69. The van der Waals surface area contributed by atoms with Gasteiger partial charge in [0.1, 0.15) is 0 Å². The number of nitrogen functional groups attached to an aromatic ring is 1. The molecule has 0 bridgehead atoms. The lowest BCUT2D eigenvalue weighted by molar-refractivity contribution is 0.601. The fourth-order valence-corrected chi connectivity index (χ4v) is 3.20. The Kier molecular flexibility index (Phi) is 3.89. The van der Waals surface area contributed by atoms with Crippen LogP contribution in [0.25, 0.3) is 0 Å². The maximum atomic E-state index is 12.4. The molecule has 7 nitrogen and oxygen atoms in total. The number of nitrogens with two attached hydrogens (primary N) is 2. The Morgan fingerprint density at radius 2 is 1.91 bits per heavy atom. The predicted molar refractivity (Wildman–Crippen MR) is 94.0 cm³/mol. The van der Waals surface area contributed by atoms with Crippen LogP contribution in [0.1, 0.15) is 19.3 Å². The van der Waals surface area contributed by atoms with Gasteiger partial charge < -0.3 is 11.5 Å². The number of hydrogen-bond acceptors (Lipinski definition) is 5. The molecule has 1 aromatic rings. The molecule has 4 rings (SSSR count). The summed E-state index contributed by atoms with van der Waals surface area (Å²) in [6, 6.07) is 0. The van der Waals surface area contributed by atoms with Crippen molar-refractivity contribution in [3.8, 4) is 0 Å².